The molecule has 0 N–H and O–H groups in total. The fraction of sp³-hybridized carbons (Fsp3) is 0.647. The molecule has 0 spiro atoms. The minimum Gasteiger partial charge on any atom is -0.449 e. The Kier molecular flexibility index (Phi) is 6.65. The van der Waals surface area contributed by atoms with Gasteiger partial charge in [-0.3, -0.25) is 4.98 Å². The predicted octanol–water partition coefficient (Wildman–Crippen LogP) is 2.91. The number of hydrogen-bond acceptors (Lipinski definition) is 4. The summed E-state index contributed by atoms with van der Waals surface area (Å²) in [4.78, 5) is 20.8. The van der Waals surface area contributed by atoms with Crippen molar-refractivity contribution in [2.45, 2.75) is 45.2 Å². The first-order chi connectivity index (χ1) is 10.7. The summed E-state index contributed by atoms with van der Waals surface area (Å²) in [6.07, 6.45) is 7.33. The average molecular weight is 305 g/mol. The van der Waals surface area contributed by atoms with E-state index in [1.54, 1.807) is 6.20 Å². The molecule has 0 bridgehead atoms. The van der Waals surface area contributed by atoms with E-state index in [1.165, 1.54) is 0 Å². The summed E-state index contributed by atoms with van der Waals surface area (Å²) in [6.45, 7) is 5.23. The second-order valence-corrected chi connectivity index (χ2v) is 5.99. The van der Waals surface area contributed by atoms with Crippen LogP contribution in [0.15, 0.2) is 24.5 Å². The molecule has 122 valence electrons. The number of likely N-dealkylation sites (tertiary alicyclic amines) is 1. The molecule has 1 aromatic rings. The van der Waals surface area contributed by atoms with Crippen LogP contribution in [0.3, 0.4) is 0 Å². The van der Waals surface area contributed by atoms with Gasteiger partial charge in [0.15, 0.2) is 0 Å². The summed E-state index contributed by atoms with van der Waals surface area (Å²) in [6, 6.07) is 4.17. The number of amides is 1. The van der Waals surface area contributed by atoms with Gasteiger partial charge < -0.3 is 14.5 Å². The van der Waals surface area contributed by atoms with Crippen LogP contribution in [0.4, 0.5) is 4.79 Å². The summed E-state index contributed by atoms with van der Waals surface area (Å²) in [5, 5.41) is 0. The molecule has 0 aromatic carbocycles. The Labute approximate surface area is 133 Å². The van der Waals surface area contributed by atoms with Gasteiger partial charge in [0.2, 0.25) is 0 Å². The van der Waals surface area contributed by atoms with Crippen LogP contribution >= 0.6 is 0 Å². The third-order valence-corrected chi connectivity index (χ3v) is 4.16. The molecule has 1 aliphatic rings. The van der Waals surface area contributed by atoms with Crippen LogP contribution in [0.5, 0.6) is 0 Å². The zero-order chi connectivity index (χ0) is 15.8. The van der Waals surface area contributed by atoms with E-state index < -0.39 is 0 Å². The summed E-state index contributed by atoms with van der Waals surface area (Å²) < 4.78 is 5.45. The van der Waals surface area contributed by atoms with Crippen molar-refractivity contribution in [2.75, 3.05) is 26.7 Å². The fourth-order valence-electron chi connectivity index (χ4n) is 2.72. The quantitative estimate of drug-likeness (QED) is 0.758. The summed E-state index contributed by atoms with van der Waals surface area (Å²) in [7, 11) is 2.13. The van der Waals surface area contributed by atoms with E-state index in [1.807, 2.05) is 23.2 Å². The molecule has 0 aliphatic carbocycles. The van der Waals surface area contributed by atoms with E-state index in [0.717, 1.165) is 44.3 Å². The highest BCUT2D eigenvalue weighted by molar-refractivity contribution is 5.68. The molecule has 1 amide bonds. The van der Waals surface area contributed by atoms with Crippen LogP contribution < -0.4 is 0 Å². The molecule has 1 aliphatic heterocycles. The molecule has 2 rings (SSSR count). The molecule has 5 heteroatoms. The molecule has 0 unspecified atom stereocenters. The largest absolute Gasteiger partial charge is 0.449 e. The second kappa shape index (κ2) is 8.73. The van der Waals surface area contributed by atoms with Crippen molar-refractivity contribution in [2.24, 2.45) is 0 Å². The van der Waals surface area contributed by atoms with E-state index in [4.69, 9.17) is 4.74 Å². The molecular weight excluding hydrogens is 278 g/mol. The normalized spacial score (nSPS) is 16.5. The van der Waals surface area contributed by atoms with E-state index >= 15 is 0 Å². The Bertz CT molecular complexity index is 444. The van der Waals surface area contributed by atoms with Crippen molar-refractivity contribution in [3.05, 3.63) is 30.1 Å². The Morgan fingerprint density at radius 1 is 1.45 bits per heavy atom. The van der Waals surface area contributed by atoms with Crippen LogP contribution in [-0.2, 0) is 11.3 Å². The number of carbonyl (C=O) groups is 1. The van der Waals surface area contributed by atoms with Crippen molar-refractivity contribution < 1.29 is 9.53 Å². The van der Waals surface area contributed by atoms with Crippen LogP contribution in [0.25, 0.3) is 0 Å². The monoisotopic (exact) mass is 305 g/mol. The minimum atomic E-state index is -0.188. The zero-order valence-electron chi connectivity index (χ0n) is 13.7. The molecule has 1 aromatic heterocycles. The van der Waals surface area contributed by atoms with E-state index in [9.17, 15) is 4.79 Å². The number of hydrogen-bond donors (Lipinski definition) is 0. The summed E-state index contributed by atoms with van der Waals surface area (Å²) in [5.74, 6) is 0. The predicted molar refractivity (Wildman–Crippen MR) is 86.6 cm³/mol. The van der Waals surface area contributed by atoms with Gasteiger partial charge in [0.05, 0.1) is 13.2 Å². The Balaban J connectivity index is 2.01. The number of ether oxygens (including phenoxy) is 1. The van der Waals surface area contributed by atoms with Crippen LogP contribution in [-0.4, -0.2) is 53.7 Å². The number of unbranched alkanes of at least 4 members (excludes halogenated alkanes) is 1. The average Bonchev–Trinajstić information content (AvgIpc) is 2.55. The number of aromatic nitrogens is 1. The van der Waals surface area contributed by atoms with Crippen LogP contribution in [0, 0.1) is 0 Å². The molecular formula is C17H27N3O2. The number of nitrogens with zero attached hydrogens (tertiary/aromatic N) is 3. The van der Waals surface area contributed by atoms with Gasteiger partial charge >= 0.3 is 6.09 Å². The SMILES string of the molecule is CCCCOC(=O)N(Cc1cccnc1)C1CCN(C)CC1. The topological polar surface area (TPSA) is 45.7 Å². The van der Waals surface area contributed by atoms with Crippen molar-refractivity contribution in [1.82, 2.24) is 14.8 Å². The smallest absolute Gasteiger partial charge is 0.410 e. The van der Waals surface area contributed by atoms with Gasteiger partial charge in [-0.2, -0.15) is 0 Å². The van der Waals surface area contributed by atoms with Gasteiger partial charge in [-0.05, 0) is 51.0 Å². The lowest BCUT2D eigenvalue weighted by Gasteiger charge is -2.36. The van der Waals surface area contributed by atoms with E-state index in [-0.39, 0.29) is 12.1 Å². The Morgan fingerprint density at radius 3 is 2.86 bits per heavy atom. The third-order valence-electron chi connectivity index (χ3n) is 4.16. The lowest BCUT2D eigenvalue weighted by atomic mass is 10.0. The first kappa shape index (κ1) is 16.7. The summed E-state index contributed by atoms with van der Waals surface area (Å²) in [5.41, 5.74) is 1.05. The Morgan fingerprint density at radius 2 is 2.23 bits per heavy atom. The first-order valence-corrected chi connectivity index (χ1v) is 8.21. The van der Waals surface area contributed by atoms with Gasteiger partial charge in [-0.25, -0.2) is 4.79 Å². The second-order valence-electron chi connectivity index (χ2n) is 5.99. The molecule has 0 atom stereocenters. The van der Waals surface area contributed by atoms with Crippen molar-refractivity contribution in [3.8, 4) is 0 Å². The van der Waals surface area contributed by atoms with Gasteiger partial charge in [-0.15, -0.1) is 0 Å². The van der Waals surface area contributed by atoms with Gasteiger partial charge in [-0.1, -0.05) is 19.4 Å². The van der Waals surface area contributed by atoms with E-state index in [2.05, 4.69) is 23.9 Å². The van der Waals surface area contributed by atoms with Gasteiger partial charge in [0.1, 0.15) is 0 Å². The van der Waals surface area contributed by atoms with Crippen molar-refractivity contribution in [3.63, 3.8) is 0 Å². The standard InChI is InChI=1S/C17H27N3O2/c1-3-4-12-22-17(21)20(14-15-6-5-9-18-13-15)16-7-10-19(2)11-8-16/h5-6,9,13,16H,3-4,7-8,10-12,14H2,1-2H3. The minimum absolute atomic E-state index is 0.188. The maximum absolute atomic E-state index is 12.5. The lowest BCUT2D eigenvalue weighted by molar-refractivity contribution is 0.0640. The first-order valence-electron chi connectivity index (χ1n) is 8.21. The molecule has 1 saturated heterocycles. The summed E-state index contributed by atoms with van der Waals surface area (Å²) >= 11 is 0. The molecule has 0 saturated carbocycles. The maximum Gasteiger partial charge on any atom is 0.410 e. The third kappa shape index (κ3) is 4.98. The maximum atomic E-state index is 12.5. The fourth-order valence-corrected chi connectivity index (χ4v) is 2.72. The number of piperidine rings is 1. The molecule has 1 fully saturated rings. The van der Waals surface area contributed by atoms with Crippen LogP contribution in [0.1, 0.15) is 38.2 Å². The Hall–Kier alpha value is -1.62. The van der Waals surface area contributed by atoms with Gasteiger partial charge in [0, 0.05) is 18.4 Å². The molecule has 5 nitrogen and oxygen atoms in total. The lowest BCUT2D eigenvalue weighted by Crippen LogP contribution is -2.46. The molecule has 22 heavy (non-hydrogen) atoms. The van der Waals surface area contributed by atoms with Gasteiger partial charge in [0.25, 0.3) is 0 Å². The zero-order valence-corrected chi connectivity index (χ0v) is 13.7. The highest BCUT2D eigenvalue weighted by atomic mass is 16.6. The number of pyridine rings is 1. The number of rotatable bonds is 6. The highest BCUT2D eigenvalue weighted by Crippen LogP contribution is 2.19. The van der Waals surface area contributed by atoms with Crippen molar-refractivity contribution >= 4 is 6.09 Å². The number of carbonyl (C=O) groups excluding carboxylic acids is 1. The van der Waals surface area contributed by atoms with E-state index in [0.29, 0.717) is 13.2 Å². The molecule has 2 heterocycles. The van der Waals surface area contributed by atoms with Crippen LogP contribution in [0.2, 0.25) is 0 Å². The molecule has 0 radical (unpaired) electrons. The van der Waals surface area contributed by atoms with Crippen molar-refractivity contribution in [1.29, 1.82) is 0 Å². The highest BCUT2D eigenvalue weighted by Gasteiger charge is 2.28.